The maximum Gasteiger partial charge on any atom is 0.0194 e. The fourth-order valence-corrected chi connectivity index (χ4v) is 4.83. The van der Waals surface area contributed by atoms with Crippen LogP contribution in [0.5, 0.6) is 0 Å². The van der Waals surface area contributed by atoms with Gasteiger partial charge in [-0.05, 0) is 42.8 Å². The molecule has 1 aliphatic heterocycles. The third-order valence-electron chi connectivity index (χ3n) is 4.83. The van der Waals surface area contributed by atoms with Crippen molar-refractivity contribution in [3.05, 3.63) is 0 Å². The smallest absolute Gasteiger partial charge is 0.0194 e. The van der Waals surface area contributed by atoms with Gasteiger partial charge in [0.2, 0.25) is 0 Å². The van der Waals surface area contributed by atoms with E-state index in [2.05, 4.69) is 44.8 Å². The molecule has 2 fully saturated rings. The predicted octanol–water partition coefficient (Wildman–Crippen LogP) is 3.93. The third kappa shape index (κ3) is 3.41. The third-order valence-corrected chi connectivity index (χ3v) is 6.15. The summed E-state index contributed by atoms with van der Waals surface area (Å²) >= 11 is 2.14. The fraction of sp³-hybridized carbons (Fsp3) is 1.00. The quantitative estimate of drug-likeness (QED) is 0.820. The Kier molecular flexibility index (Phi) is 4.82. The Morgan fingerprint density at radius 2 is 1.82 bits per heavy atom. The molecule has 5 atom stereocenters. The van der Waals surface area contributed by atoms with Crippen molar-refractivity contribution in [3.8, 4) is 0 Å². The maximum atomic E-state index is 4.01. The van der Waals surface area contributed by atoms with Crippen molar-refractivity contribution in [1.29, 1.82) is 0 Å². The average molecular weight is 255 g/mol. The van der Waals surface area contributed by atoms with Crippen LogP contribution in [0.15, 0.2) is 0 Å². The van der Waals surface area contributed by atoms with Crippen molar-refractivity contribution in [2.75, 3.05) is 5.75 Å². The van der Waals surface area contributed by atoms with Crippen molar-refractivity contribution in [2.24, 2.45) is 17.8 Å². The van der Waals surface area contributed by atoms with E-state index in [1.54, 1.807) is 0 Å². The van der Waals surface area contributed by atoms with Crippen LogP contribution >= 0.6 is 11.8 Å². The minimum Gasteiger partial charge on any atom is -0.310 e. The lowest BCUT2D eigenvalue weighted by molar-refractivity contribution is 0.159. The highest BCUT2D eigenvalue weighted by molar-refractivity contribution is 8.00. The zero-order chi connectivity index (χ0) is 12.4. The molecular formula is C15H29NS. The molecule has 2 rings (SSSR count). The fourth-order valence-electron chi connectivity index (χ4n) is 3.62. The zero-order valence-electron chi connectivity index (χ0n) is 11.9. The van der Waals surface area contributed by atoms with Crippen LogP contribution in [0.1, 0.15) is 53.4 Å². The summed E-state index contributed by atoms with van der Waals surface area (Å²) in [6, 6.07) is 1.56. The lowest BCUT2D eigenvalue weighted by atomic mass is 9.73. The van der Waals surface area contributed by atoms with E-state index in [1.165, 1.54) is 31.4 Å². The SMILES string of the molecule is CC1CCC(C(C)C)C(NC2CCSC2C)C1. The maximum absolute atomic E-state index is 4.01. The minimum absolute atomic E-state index is 0.775. The first-order valence-corrected chi connectivity index (χ1v) is 8.50. The first-order chi connectivity index (χ1) is 8.08. The van der Waals surface area contributed by atoms with E-state index in [0.717, 1.165) is 35.1 Å². The van der Waals surface area contributed by atoms with Crippen molar-refractivity contribution in [3.63, 3.8) is 0 Å². The molecule has 1 saturated heterocycles. The Balaban J connectivity index is 1.94. The number of thioether (sulfide) groups is 1. The summed E-state index contributed by atoms with van der Waals surface area (Å²) in [4.78, 5) is 0. The van der Waals surface area contributed by atoms with Gasteiger partial charge in [0.15, 0.2) is 0 Å². The van der Waals surface area contributed by atoms with E-state index in [0.29, 0.717) is 0 Å². The molecule has 1 nitrogen and oxygen atoms in total. The summed E-state index contributed by atoms with van der Waals surface area (Å²) < 4.78 is 0. The molecule has 17 heavy (non-hydrogen) atoms. The van der Waals surface area contributed by atoms with E-state index in [1.807, 2.05) is 0 Å². The summed E-state index contributed by atoms with van der Waals surface area (Å²) in [7, 11) is 0. The molecule has 0 spiro atoms. The molecule has 0 amide bonds. The Hall–Kier alpha value is 0.310. The summed E-state index contributed by atoms with van der Waals surface area (Å²) in [5.41, 5.74) is 0. The van der Waals surface area contributed by atoms with Gasteiger partial charge in [-0.15, -0.1) is 0 Å². The highest BCUT2D eigenvalue weighted by atomic mass is 32.2. The van der Waals surface area contributed by atoms with Gasteiger partial charge in [0, 0.05) is 17.3 Å². The van der Waals surface area contributed by atoms with Gasteiger partial charge in [0.25, 0.3) is 0 Å². The van der Waals surface area contributed by atoms with Crippen LogP contribution in [0, 0.1) is 17.8 Å². The van der Waals surface area contributed by atoms with Gasteiger partial charge in [-0.3, -0.25) is 0 Å². The predicted molar refractivity (Wildman–Crippen MR) is 78.6 cm³/mol. The van der Waals surface area contributed by atoms with E-state index in [9.17, 15) is 0 Å². The van der Waals surface area contributed by atoms with Crippen molar-refractivity contribution in [1.82, 2.24) is 5.32 Å². The Morgan fingerprint density at radius 3 is 2.41 bits per heavy atom. The monoisotopic (exact) mass is 255 g/mol. The van der Waals surface area contributed by atoms with Gasteiger partial charge in [0.1, 0.15) is 0 Å². The van der Waals surface area contributed by atoms with Gasteiger partial charge in [-0.1, -0.05) is 34.1 Å². The second kappa shape index (κ2) is 5.97. The molecule has 100 valence electrons. The largest absolute Gasteiger partial charge is 0.310 e. The van der Waals surface area contributed by atoms with E-state index in [4.69, 9.17) is 0 Å². The van der Waals surface area contributed by atoms with Crippen LogP contribution in [-0.4, -0.2) is 23.1 Å². The molecule has 0 aromatic carbocycles. The normalized spacial score (nSPS) is 43.2. The standard InChI is InChI=1S/C15H29NS/c1-10(2)13-6-5-11(3)9-15(13)16-14-7-8-17-12(14)4/h10-16H,5-9H2,1-4H3. The number of hydrogen-bond acceptors (Lipinski definition) is 2. The van der Waals surface area contributed by atoms with Crippen LogP contribution in [0.2, 0.25) is 0 Å². The van der Waals surface area contributed by atoms with Crippen LogP contribution in [0.3, 0.4) is 0 Å². The molecule has 1 N–H and O–H groups in total. The Labute approximate surface area is 112 Å². The van der Waals surface area contributed by atoms with Gasteiger partial charge < -0.3 is 5.32 Å². The zero-order valence-corrected chi connectivity index (χ0v) is 12.7. The van der Waals surface area contributed by atoms with E-state index >= 15 is 0 Å². The molecule has 1 saturated carbocycles. The van der Waals surface area contributed by atoms with Crippen LogP contribution in [0.4, 0.5) is 0 Å². The van der Waals surface area contributed by atoms with Crippen molar-refractivity contribution < 1.29 is 0 Å². The van der Waals surface area contributed by atoms with Gasteiger partial charge in [0.05, 0.1) is 0 Å². The minimum atomic E-state index is 0.775. The first-order valence-electron chi connectivity index (χ1n) is 7.45. The molecule has 2 aliphatic rings. The lowest BCUT2D eigenvalue weighted by Gasteiger charge is -2.40. The molecule has 5 unspecified atom stereocenters. The second-order valence-corrected chi connectivity index (χ2v) is 8.06. The molecule has 0 radical (unpaired) electrons. The Bertz CT molecular complexity index is 241. The van der Waals surface area contributed by atoms with Gasteiger partial charge >= 0.3 is 0 Å². The molecule has 0 bridgehead atoms. The summed E-state index contributed by atoms with van der Waals surface area (Å²) in [5.74, 6) is 4.02. The molecule has 2 heteroatoms. The molecular weight excluding hydrogens is 226 g/mol. The van der Waals surface area contributed by atoms with Gasteiger partial charge in [-0.25, -0.2) is 0 Å². The number of rotatable bonds is 3. The molecule has 0 aromatic rings. The highest BCUT2D eigenvalue weighted by Crippen LogP contribution is 2.35. The molecule has 0 aromatic heterocycles. The van der Waals surface area contributed by atoms with Crippen LogP contribution < -0.4 is 5.32 Å². The first kappa shape index (κ1) is 13.7. The van der Waals surface area contributed by atoms with E-state index < -0.39 is 0 Å². The van der Waals surface area contributed by atoms with Crippen molar-refractivity contribution in [2.45, 2.75) is 70.7 Å². The van der Waals surface area contributed by atoms with Crippen LogP contribution in [-0.2, 0) is 0 Å². The Morgan fingerprint density at radius 1 is 1.06 bits per heavy atom. The summed E-state index contributed by atoms with van der Waals surface area (Å²) in [6.45, 7) is 9.63. The summed E-state index contributed by atoms with van der Waals surface area (Å²) in [5, 5.41) is 4.83. The topological polar surface area (TPSA) is 12.0 Å². The lowest BCUT2D eigenvalue weighted by Crippen LogP contribution is -2.49. The van der Waals surface area contributed by atoms with Gasteiger partial charge in [-0.2, -0.15) is 11.8 Å². The summed E-state index contributed by atoms with van der Waals surface area (Å²) in [6.07, 6.45) is 5.65. The average Bonchev–Trinajstić information content (AvgIpc) is 2.64. The number of hydrogen-bond donors (Lipinski definition) is 1. The van der Waals surface area contributed by atoms with Crippen LogP contribution in [0.25, 0.3) is 0 Å². The highest BCUT2D eigenvalue weighted by Gasteiger charge is 2.34. The molecule has 1 heterocycles. The molecule has 1 aliphatic carbocycles. The second-order valence-electron chi connectivity index (χ2n) is 6.57. The number of nitrogens with one attached hydrogen (secondary N) is 1. The van der Waals surface area contributed by atoms with E-state index in [-0.39, 0.29) is 0 Å². The van der Waals surface area contributed by atoms with Crippen molar-refractivity contribution >= 4 is 11.8 Å².